The third-order valence-corrected chi connectivity index (χ3v) is 4.04. The lowest BCUT2D eigenvalue weighted by atomic mass is 10.2. The van der Waals surface area contributed by atoms with Crippen molar-refractivity contribution in [2.75, 3.05) is 0 Å². The smallest absolute Gasteiger partial charge is 0.276 e. The van der Waals surface area contributed by atoms with Gasteiger partial charge in [0, 0.05) is 24.6 Å². The molecular formula is C15H17FN2OS. The monoisotopic (exact) mass is 292 g/mol. The van der Waals surface area contributed by atoms with Crippen LogP contribution in [0.2, 0.25) is 0 Å². The molecule has 2 aromatic rings. The van der Waals surface area contributed by atoms with Crippen molar-refractivity contribution >= 4 is 11.8 Å². The van der Waals surface area contributed by atoms with E-state index in [0.717, 1.165) is 24.0 Å². The first-order chi connectivity index (χ1) is 9.60. The Morgan fingerprint density at radius 3 is 2.65 bits per heavy atom. The molecular weight excluding hydrogens is 275 g/mol. The number of benzene rings is 1. The average Bonchev–Trinajstić information content (AvgIpc) is 2.43. The van der Waals surface area contributed by atoms with Crippen molar-refractivity contribution in [3.05, 3.63) is 57.8 Å². The molecule has 0 N–H and O–H groups in total. The number of nitrogens with zero attached hydrogens (tertiary/aromatic N) is 2. The lowest BCUT2D eigenvalue weighted by Crippen LogP contribution is -2.17. The number of hydrogen-bond donors (Lipinski definition) is 0. The van der Waals surface area contributed by atoms with E-state index in [2.05, 4.69) is 4.98 Å². The molecule has 0 spiro atoms. The maximum absolute atomic E-state index is 12.8. The molecule has 0 fully saturated rings. The van der Waals surface area contributed by atoms with Crippen molar-refractivity contribution in [3.63, 3.8) is 0 Å². The molecule has 3 nitrogen and oxygen atoms in total. The van der Waals surface area contributed by atoms with Gasteiger partial charge in [-0.05, 0) is 24.1 Å². The molecule has 0 saturated heterocycles. The first kappa shape index (κ1) is 14.8. The van der Waals surface area contributed by atoms with Crippen LogP contribution in [0.4, 0.5) is 4.39 Å². The van der Waals surface area contributed by atoms with Gasteiger partial charge in [0.15, 0.2) is 5.16 Å². The van der Waals surface area contributed by atoms with Gasteiger partial charge >= 0.3 is 0 Å². The van der Waals surface area contributed by atoms with E-state index in [4.69, 9.17) is 0 Å². The molecule has 5 heteroatoms. The molecule has 2 rings (SSSR count). The summed E-state index contributed by atoms with van der Waals surface area (Å²) in [6, 6.07) is 6.36. The Kier molecular flexibility index (Phi) is 4.95. The number of aromatic nitrogens is 2. The second-order valence-corrected chi connectivity index (χ2v) is 5.57. The Morgan fingerprint density at radius 2 is 2.00 bits per heavy atom. The highest BCUT2D eigenvalue weighted by atomic mass is 32.2. The molecule has 0 saturated carbocycles. The van der Waals surface area contributed by atoms with Gasteiger partial charge in [0.05, 0.1) is 0 Å². The number of aryl methyl sites for hydroxylation is 2. The second-order valence-electron chi connectivity index (χ2n) is 4.63. The van der Waals surface area contributed by atoms with Gasteiger partial charge in [0.1, 0.15) is 5.82 Å². The predicted octanol–water partition coefficient (Wildman–Crippen LogP) is 3.16. The van der Waals surface area contributed by atoms with Crippen LogP contribution in [-0.2, 0) is 19.2 Å². The third kappa shape index (κ3) is 3.70. The van der Waals surface area contributed by atoms with E-state index in [-0.39, 0.29) is 11.4 Å². The van der Waals surface area contributed by atoms with Crippen LogP contribution in [0.5, 0.6) is 0 Å². The predicted molar refractivity (Wildman–Crippen MR) is 79.4 cm³/mol. The fourth-order valence-electron chi connectivity index (χ4n) is 1.89. The summed E-state index contributed by atoms with van der Waals surface area (Å²) in [7, 11) is 1.89. The van der Waals surface area contributed by atoms with Gasteiger partial charge in [-0.25, -0.2) is 4.39 Å². The Balaban J connectivity index is 2.11. The van der Waals surface area contributed by atoms with Crippen LogP contribution in [0.3, 0.4) is 0 Å². The molecule has 0 aliphatic rings. The van der Waals surface area contributed by atoms with Gasteiger partial charge in [0.2, 0.25) is 0 Å². The summed E-state index contributed by atoms with van der Waals surface area (Å²) in [6.07, 6.45) is 3.54. The van der Waals surface area contributed by atoms with Gasteiger partial charge in [-0.15, -0.1) is 0 Å². The van der Waals surface area contributed by atoms with Crippen molar-refractivity contribution in [1.29, 1.82) is 0 Å². The highest BCUT2D eigenvalue weighted by Gasteiger charge is 2.06. The quantitative estimate of drug-likeness (QED) is 0.627. The number of hydrogen-bond acceptors (Lipinski definition) is 3. The number of rotatable bonds is 5. The Bertz CT molecular complexity index is 637. The fraction of sp³-hybridized carbons (Fsp3) is 0.333. The zero-order valence-corrected chi connectivity index (χ0v) is 12.4. The normalized spacial score (nSPS) is 10.8. The fourth-order valence-corrected chi connectivity index (χ4v) is 2.78. The average molecular weight is 292 g/mol. The van der Waals surface area contributed by atoms with Crippen molar-refractivity contribution in [3.8, 4) is 0 Å². The summed E-state index contributed by atoms with van der Waals surface area (Å²) in [5.41, 5.74) is 1.61. The minimum absolute atomic E-state index is 0.147. The Hall–Kier alpha value is -1.62. The van der Waals surface area contributed by atoms with Crippen LogP contribution in [-0.4, -0.2) is 9.55 Å². The van der Waals surface area contributed by atoms with Crippen LogP contribution >= 0.6 is 11.8 Å². The molecule has 1 heterocycles. The molecule has 1 aromatic heterocycles. The summed E-state index contributed by atoms with van der Waals surface area (Å²) in [4.78, 5) is 16.0. The standard InChI is InChI=1S/C15H17FN2OS/c1-3-4-12-9-18(2)15(17-14(12)19)20-10-11-5-7-13(16)8-6-11/h5-9H,3-4,10H2,1-2H3. The van der Waals surface area contributed by atoms with E-state index < -0.39 is 0 Å². The maximum Gasteiger partial charge on any atom is 0.276 e. The molecule has 0 radical (unpaired) electrons. The minimum atomic E-state index is -0.242. The molecule has 20 heavy (non-hydrogen) atoms. The number of halogens is 1. The van der Waals surface area contributed by atoms with Gasteiger partial charge in [0.25, 0.3) is 5.56 Å². The van der Waals surface area contributed by atoms with E-state index in [1.54, 1.807) is 12.1 Å². The van der Waals surface area contributed by atoms with E-state index in [0.29, 0.717) is 10.9 Å². The van der Waals surface area contributed by atoms with Crippen LogP contribution in [0.15, 0.2) is 40.4 Å². The van der Waals surface area contributed by atoms with E-state index in [1.165, 1.54) is 23.9 Å². The van der Waals surface area contributed by atoms with Gasteiger partial charge < -0.3 is 4.57 Å². The van der Waals surface area contributed by atoms with E-state index in [9.17, 15) is 9.18 Å². The largest absolute Gasteiger partial charge is 0.330 e. The summed E-state index contributed by atoms with van der Waals surface area (Å²) < 4.78 is 14.7. The molecule has 0 aliphatic heterocycles. The molecule has 106 valence electrons. The maximum atomic E-state index is 12.8. The first-order valence-corrected chi connectivity index (χ1v) is 7.52. The zero-order valence-electron chi connectivity index (χ0n) is 11.6. The molecule has 0 unspecified atom stereocenters. The van der Waals surface area contributed by atoms with Gasteiger partial charge in [-0.1, -0.05) is 37.2 Å². The second kappa shape index (κ2) is 6.70. The van der Waals surface area contributed by atoms with Crippen LogP contribution in [0, 0.1) is 5.82 Å². The molecule has 0 aliphatic carbocycles. The highest BCUT2D eigenvalue weighted by Crippen LogP contribution is 2.19. The van der Waals surface area contributed by atoms with Crippen LogP contribution in [0.1, 0.15) is 24.5 Å². The van der Waals surface area contributed by atoms with E-state index >= 15 is 0 Å². The lowest BCUT2D eigenvalue weighted by molar-refractivity contribution is 0.627. The van der Waals surface area contributed by atoms with E-state index in [1.807, 2.05) is 24.7 Å². The molecule has 1 aromatic carbocycles. The van der Waals surface area contributed by atoms with Crippen LogP contribution in [0.25, 0.3) is 0 Å². The van der Waals surface area contributed by atoms with Crippen molar-refractivity contribution in [2.45, 2.75) is 30.7 Å². The molecule has 0 amide bonds. The molecule has 0 atom stereocenters. The van der Waals surface area contributed by atoms with Crippen molar-refractivity contribution < 1.29 is 4.39 Å². The highest BCUT2D eigenvalue weighted by molar-refractivity contribution is 7.98. The summed E-state index contributed by atoms with van der Waals surface area (Å²) in [5, 5.41) is 0.680. The van der Waals surface area contributed by atoms with Crippen LogP contribution < -0.4 is 5.56 Å². The SMILES string of the molecule is CCCc1cn(C)c(SCc2ccc(F)cc2)nc1=O. The Morgan fingerprint density at radius 1 is 1.30 bits per heavy atom. The van der Waals surface area contributed by atoms with Gasteiger partial charge in [-0.2, -0.15) is 4.98 Å². The zero-order chi connectivity index (χ0) is 14.5. The van der Waals surface area contributed by atoms with Crippen molar-refractivity contribution in [2.24, 2.45) is 7.05 Å². The molecule has 0 bridgehead atoms. The third-order valence-electron chi connectivity index (χ3n) is 2.92. The summed E-state index contributed by atoms with van der Waals surface area (Å²) in [6.45, 7) is 2.04. The Labute approximate surface area is 121 Å². The van der Waals surface area contributed by atoms with Crippen molar-refractivity contribution in [1.82, 2.24) is 9.55 Å². The number of thioether (sulfide) groups is 1. The lowest BCUT2D eigenvalue weighted by Gasteiger charge is -2.08. The van der Waals surface area contributed by atoms with Gasteiger partial charge in [-0.3, -0.25) is 4.79 Å². The topological polar surface area (TPSA) is 34.9 Å². The summed E-state index contributed by atoms with van der Waals surface area (Å²) in [5.74, 6) is 0.418. The first-order valence-electron chi connectivity index (χ1n) is 6.54. The minimum Gasteiger partial charge on any atom is -0.330 e. The summed E-state index contributed by atoms with van der Waals surface area (Å²) >= 11 is 1.48.